The Morgan fingerprint density at radius 2 is 1.85 bits per heavy atom. The zero-order chi connectivity index (χ0) is 24.4. The van der Waals surface area contributed by atoms with Crippen molar-refractivity contribution in [3.63, 3.8) is 0 Å². The van der Waals surface area contributed by atoms with E-state index in [1.807, 2.05) is 30.3 Å². The first-order valence-corrected chi connectivity index (χ1v) is 11.5. The quantitative estimate of drug-likeness (QED) is 0.404. The summed E-state index contributed by atoms with van der Waals surface area (Å²) in [5.41, 5.74) is 0.570. The molecule has 1 fully saturated rings. The fourth-order valence-corrected chi connectivity index (χ4v) is 5.29. The van der Waals surface area contributed by atoms with Crippen LogP contribution < -0.4 is 5.32 Å². The lowest BCUT2D eigenvalue weighted by atomic mass is 9.82. The standard InChI is InChI=1S/C24H24N2O7S/c1-12(28)17-18(15-8-5-9-32-15)14(10-25)23(26-19(17)13-6-3-2-4-7-13)34-24-22(31)21(30)20(29)16(11-27)33-24/h2-9,16,18,20-22,24,26-27,29-31H,11H2,1H3/t16-,18?,20+,21+,22-,24+/m1/s1. The molecule has 1 aromatic heterocycles. The second kappa shape index (κ2) is 10.1. The first kappa shape index (κ1) is 24.2. The minimum absolute atomic E-state index is 0.168. The van der Waals surface area contributed by atoms with Crippen LogP contribution in [0.15, 0.2) is 69.3 Å². The number of rotatable bonds is 6. The van der Waals surface area contributed by atoms with Gasteiger partial charge in [0, 0.05) is 5.57 Å². The molecule has 9 nitrogen and oxygen atoms in total. The molecule has 1 saturated heterocycles. The summed E-state index contributed by atoms with van der Waals surface area (Å²) in [7, 11) is 0. The SMILES string of the molecule is CC(=O)C1=C(c2ccccc2)NC(S[C@@H]2O[C@H](CO)[C@H](O)[C@H](O)[C@H]2O)=C(C#N)C1c1ccco1. The number of thioether (sulfide) groups is 1. The van der Waals surface area contributed by atoms with Crippen LogP contribution in [0.4, 0.5) is 0 Å². The van der Waals surface area contributed by atoms with Gasteiger partial charge in [-0.15, -0.1) is 0 Å². The van der Waals surface area contributed by atoms with E-state index < -0.39 is 42.4 Å². The summed E-state index contributed by atoms with van der Waals surface area (Å²) in [6, 6.07) is 14.6. The first-order chi connectivity index (χ1) is 16.4. The van der Waals surface area contributed by atoms with Crippen LogP contribution in [-0.4, -0.2) is 62.7 Å². The van der Waals surface area contributed by atoms with Crippen LogP contribution in [0.25, 0.3) is 5.70 Å². The Labute approximate surface area is 200 Å². The van der Waals surface area contributed by atoms with Gasteiger partial charge in [0.25, 0.3) is 0 Å². The fourth-order valence-electron chi connectivity index (χ4n) is 4.11. The summed E-state index contributed by atoms with van der Waals surface area (Å²) >= 11 is 0.925. The molecule has 2 aliphatic rings. The molecule has 1 unspecified atom stereocenters. The molecule has 0 radical (unpaired) electrons. The zero-order valence-corrected chi connectivity index (χ0v) is 19.0. The second-order valence-electron chi connectivity index (χ2n) is 7.95. The Hall–Kier alpha value is -2.91. The van der Waals surface area contributed by atoms with Crippen LogP contribution in [0.3, 0.4) is 0 Å². The van der Waals surface area contributed by atoms with Crippen molar-refractivity contribution in [1.82, 2.24) is 5.32 Å². The van der Waals surface area contributed by atoms with Crippen LogP contribution in [-0.2, 0) is 9.53 Å². The van der Waals surface area contributed by atoms with Gasteiger partial charge in [0.05, 0.1) is 41.2 Å². The van der Waals surface area contributed by atoms with E-state index in [4.69, 9.17) is 9.15 Å². The molecule has 0 amide bonds. The highest BCUT2D eigenvalue weighted by Crippen LogP contribution is 2.45. The Balaban J connectivity index is 1.81. The lowest BCUT2D eigenvalue weighted by Crippen LogP contribution is -2.57. The Bertz CT molecular complexity index is 1140. The Morgan fingerprint density at radius 3 is 2.44 bits per heavy atom. The number of nitrogens with zero attached hydrogens (tertiary/aromatic N) is 1. The summed E-state index contributed by atoms with van der Waals surface area (Å²) in [5, 5.41) is 53.9. The number of carbonyl (C=O) groups is 1. The molecular formula is C24H24N2O7S. The van der Waals surface area contributed by atoms with Gasteiger partial charge in [-0.1, -0.05) is 42.1 Å². The van der Waals surface area contributed by atoms with Crippen molar-refractivity contribution in [2.75, 3.05) is 6.61 Å². The number of aliphatic hydroxyl groups is 4. The van der Waals surface area contributed by atoms with E-state index in [9.17, 15) is 30.5 Å². The summed E-state index contributed by atoms with van der Waals surface area (Å²) in [6.45, 7) is 0.846. The normalized spacial score (nSPS) is 29.5. The zero-order valence-electron chi connectivity index (χ0n) is 18.2. The van der Waals surface area contributed by atoms with E-state index in [1.54, 1.807) is 12.1 Å². The van der Waals surface area contributed by atoms with Gasteiger partial charge >= 0.3 is 0 Å². The third-order valence-electron chi connectivity index (χ3n) is 5.80. The molecule has 178 valence electrons. The average molecular weight is 485 g/mol. The highest BCUT2D eigenvalue weighted by atomic mass is 32.2. The van der Waals surface area contributed by atoms with E-state index in [0.717, 1.165) is 11.8 Å². The minimum atomic E-state index is -1.56. The lowest BCUT2D eigenvalue weighted by molar-refractivity contribution is -0.205. The van der Waals surface area contributed by atoms with Crippen molar-refractivity contribution in [3.05, 3.63) is 76.2 Å². The number of ether oxygens (including phenoxy) is 1. The van der Waals surface area contributed by atoms with Crippen molar-refractivity contribution in [3.8, 4) is 6.07 Å². The fraction of sp³-hybridized carbons (Fsp3) is 0.333. The van der Waals surface area contributed by atoms with Crippen molar-refractivity contribution in [1.29, 1.82) is 5.26 Å². The molecular weight excluding hydrogens is 460 g/mol. The lowest BCUT2D eigenvalue weighted by Gasteiger charge is -2.40. The number of hydrogen-bond donors (Lipinski definition) is 5. The Morgan fingerprint density at radius 1 is 1.12 bits per heavy atom. The number of carbonyl (C=O) groups excluding carboxylic acids is 1. The third kappa shape index (κ3) is 4.42. The van der Waals surface area contributed by atoms with Crippen molar-refractivity contribution in [2.24, 2.45) is 0 Å². The predicted molar refractivity (Wildman–Crippen MR) is 123 cm³/mol. The number of furan rings is 1. The largest absolute Gasteiger partial charge is 0.468 e. The molecule has 0 bridgehead atoms. The van der Waals surface area contributed by atoms with Gasteiger partial charge in [-0.25, -0.2) is 0 Å². The van der Waals surface area contributed by atoms with Crippen LogP contribution in [0, 0.1) is 11.3 Å². The Kier molecular flexibility index (Phi) is 7.23. The third-order valence-corrected chi connectivity index (χ3v) is 6.98. The monoisotopic (exact) mass is 484 g/mol. The van der Waals surface area contributed by atoms with Crippen LogP contribution in [0.2, 0.25) is 0 Å². The van der Waals surface area contributed by atoms with E-state index in [2.05, 4.69) is 11.4 Å². The van der Waals surface area contributed by atoms with E-state index in [-0.39, 0.29) is 16.4 Å². The summed E-state index contributed by atoms with van der Waals surface area (Å²) in [4.78, 5) is 12.8. The second-order valence-corrected chi connectivity index (χ2v) is 9.06. The van der Waals surface area contributed by atoms with Crippen molar-refractivity contribution in [2.45, 2.75) is 42.7 Å². The van der Waals surface area contributed by atoms with Gasteiger partial charge < -0.3 is 34.9 Å². The summed E-state index contributed by atoms with van der Waals surface area (Å²) in [5.74, 6) is -0.678. The number of ketones is 1. The molecule has 0 spiro atoms. The molecule has 2 aliphatic heterocycles. The maximum Gasteiger partial charge on any atom is 0.159 e. The van der Waals surface area contributed by atoms with Gasteiger partial charge in [-0.05, 0) is 24.6 Å². The maximum atomic E-state index is 12.8. The molecule has 1 aromatic carbocycles. The number of allylic oxidation sites excluding steroid dienone is 2. The van der Waals surface area contributed by atoms with E-state index >= 15 is 0 Å². The molecule has 4 rings (SSSR count). The summed E-state index contributed by atoms with van der Waals surface area (Å²) in [6.07, 6.45) is -4.20. The predicted octanol–water partition coefficient (Wildman–Crippen LogP) is 1.23. The minimum Gasteiger partial charge on any atom is -0.468 e. The van der Waals surface area contributed by atoms with Gasteiger partial charge in [0.1, 0.15) is 35.6 Å². The highest BCUT2D eigenvalue weighted by molar-refractivity contribution is 8.03. The molecule has 3 heterocycles. The molecule has 34 heavy (non-hydrogen) atoms. The maximum absolute atomic E-state index is 12.8. The van der Waals surface area contributed by atoms with Gasteiger partial charge in [-0.2, -0.15) is 5.26 Å². The molecule has 5 N–H and O–H groups in total. The van der Waals surface area contributed by atoms with Crippen molar-refractivity contribution >= 4 is 23.2 Å². The van der Waals surface area contributed by atoms with Gasteiger partial charge in [0.2, 0.25) is 0 Å². The van der Waals surface area contributed by atoms with E-state index in [0.29, 0.717) is 22.6 Å². The van der Waals surface area contributed by atoms with Crippen LogP contribution >= 0.6 is 11.8 Å². The molecule has 0 aliphatic carbocycles. The number of hydrogen-bond acceptors (Lipinski definition) is 10. The van der Waals surface area contributed by atoms with Crippen LogP contribution in [0.5, 0.6) is 0 Å². The molecule has 2 aromatic rings. The van der Waals surface area contributed by atoms with Crippen LogP contribution in [0.1, 0.15) is 24.2 Å². The molecule has 10 heteroatoms. The number of nitriles is 1. The van der Waals surface area contributed by atoms with E-state index in [1.165, 1.54) is 13.2 Å². The number of benzene rings is 1. The topological polar surface area (TPSA) is 156 Å². The highest BCUT2D eigenvalue weighted by Gasteiger charge is 2.45. The van der Waals surface area contributed by atoms with Gasteiger partial charge in [-0.3, -0.25) is 4.79 Å². The number of aliphatic hydroxyl groups excluding tert-OH is 4. The smallest absolute Gasteiger partial charge is 0.159 e. The summed E-state index contributed by atoms with van der Waals surface area (Å²) < 4.78 is 11.2. The number of nitrogens with one attached hydrogen (secondary N) is 1. The van der Waals surface area contributed by atoms with Crippen molar-refractivity contribution < 1.29 is 34.4 Å². The number of dihydropyridines is 1. The molecule has 0 saturated carbocycles. The van der Waals surface area contributed by atoms with Gasteiger partial charge in [0.15, 0.2) is 5.78 Å². The molecule has 6 atom stereocenters. The first-order valence-electron chi connectivity index (χ1n) is 10.6. The number of Topliss-reactive ketones (excluding diaryl/α,β-unsaturated/α-hetero) is 1. The average Bonchev–Trinajstić information content (AvgIpc) is 3.38.